The highest BCUT2D eigenvalue weighted by Crippen LogP contribution is 2.32. The summed E-state index contributed by atoms with van der Waals surface area (Å²) in [7, 11) is 2.08. The number of hydrogen-bond acceptors (Lipinski definition) is 2. The summed E-state index contributed by atoms with van der Waals surface area (Å²) < 4.78 is 6.03. The lowest BCUT2D eigenvalue weighted by Crippen LogP contribution is -1.99. The van der Waals surface area contributed by atoms with Crippen LogP contribution >= 0.6 is 0 Å². The summed E-state index contributed by atoms with van der Waals surface area (Å²) in [6.45, 7) is 8.52. The van der Waals surface area contributed by atoms with E-state index < -0.39 is 0 Å². The molecule has 3 aromatic rings. The smallest absolute Gasteiger partial charge is 0.227 e. The van der Waals surface area contributed by atoms with Gasteiger partial charge in [0.2, 0.25) is 5.89 Å². The molecule has 0 saturated carbocycles. The zero-order chi connectivity index (χ0) is 14.4. The first-order valence-corrected chi connectivity index (χ1v) is 6.93. The molecule has 1 heterocycles. The van der Waals surface area contributed by atoms with Gasteiger partial charge in [-0.15, -0.1) is 0 Å². The third-order valence-corrected chi connectivity index (χ3v) is 4.31. The Morgan fingerprint density at radius 2 is 1.45 bits per heavy atom. The second-order valence-corrected chi connectivity index (χ2v) is 5.56. The van der Waals surface area contributed by atoms with Crippen molar-refractivity contribution in [3.05, 3.63) is 46.5 Å². The summed E-state index contributed by atoms with van der Waals surface area (Å²) in [5.74, 6) is 0.705. The lowest BCUT2D eigenvalue weighted by atomic mass is 9.95. The fourth-order valence-corrected chi connectivity index (χ4v) is 2.56. The highest BCUT2D eigenvalue weighted by Gasteiger charge is 2.16. The van der Waals surface area contributed by atoms with Crippen LogP contribution in [0.2, 0.25) is 0 Å². The van der Waals surface area contributed by atoms with E-state index in [-0.39, 0.29) is 0 Å². The summed E-state index contributed by atoms with van der Waals surface area (Å²) >= 11 is 0. The Kier molecular flexibility index (Phi) is 2.93. The van der Waals surface area contributed by atoms with E-state index in [1.165, 1.54) is 27.7 Å². The highest BCUT2D eigenvalue weighted by molar-refractivity contribution is 6.32. The number of aromatic nitrogens is 1. The molecular weight excluding hydrogens is 245 g/mol. The molecule has 20 heavy (non-hydrogen) atoms. The average molecular weight is 263 g/mol. The Morgan fingerprint density at radius 3 is 2.10 bits per heavy atom. The Balaban J connectivity index is 2.28. The van der Waals surface area contributed by atoms with Crippen LogP contribution in [0.5, 0.6) is 0 Å². The molecule has 2 aromatic carbocycles. The van der Waals surface area contributed by atoms with Gasteiger partial charge in [-0.3, -0.25) is 0 Å². The van der Waals surface area contributed by atoms with Gasteiger partial charge in [0.05, 0.1) is 0 Å². The summed E-state index contributed by atoms with van der Waals surface area (Å²) in [6.07, 6.45) is 0. The van der Waals surface area contributed by atoms with Crippen molar-refractivity contribution in [2.45, 2.75) is 27.7 Å². The quantitative estimate of drug-likeness (QED) is 0.631. The minimum atomic E-state index is 0.705. The predicted molar refractivity (Wildman–Crippen MR) is 86.6 cm³/mol. The normalized spacial score (nSPS) is 11.2. The standard InChI is InChI=1S/C17H18BNO/c1-9-10(2)12(4)16-15(11(9)3)19-17(20-16)13-5-7-14(18)8-6-13/h5-8H,18H2,1-4H3. The molecule has 1 aromatic heterocycles. The zero-order valence-electron chi connectivity index (χ0n) is 12.7. The first-order valence-electron chi connectivity index (χ1n) is 6.93. The van der Waals surface area contributed by atoms with Crippen LogP contribution in [-0.4, -0.2) is 12.8 Å². The minimum Gasteiger partial charge on any atom is -0.436 e. The van der Waals surface area contributed by atoms with Gasteiger partial charge in [-0.2, -0.15) is 0 Å². The molecule has 0 fully saturated rings. The van der Waals surface area contributed by atoms with Gasteiger partial charge in [0.25, 0.3) is 0 Å². The molecule has 100 valence electrons. The molecule has 0 spiro atoms. The third kappa shape index (κ3) is 1.85. The van der Waals surface area contributed by atoms with Crippen molar-refractivity contribution in [3.8, 4) is 11.5 Å². The van der Waals surface area contributed by atoms with Crippen molar-refractivity contribution in [2.75, 3.05) is 0 Å². The fourth-order valence-electron chi connectivity index (χ4n) is 2.56. The number of fused-ring (bicyclic) bond motifs is 1. The molecule has 0 N–H and O–H groups in total. The number of rotatable bonds is 1. The van der Waals surface area contributed by atoms with Crippen LogP contribution in [0.15, 0.2) is 28.7 Å². The van der Waals surface area contributed by atoms with Crippen LogP contribution in [0, 0.1) is 27.7 Å². The summed E-state index contributed by atoms with van der Waals surface area (Å²) in [5.41, 5.74) is 9.17. The third-order valence-electron chi connectivity index (χ3n) is 4.31. The molecule has 0 bridgehead atoms. The molecular formula is C17H18BNO. The molecule has 0 radical (unpaired) electrons. The van der Waals surface area contributed by atoms with Gasteiger partial charge in [0.1, 0.15) is 13.4 Å². The van der Waals surface area contributed by atoms with E-state index in [2.05, 4.69) is 59.8 Å². The van der Waals surface area contributed by atoms with E-state index in [0.29, 0.717) is 5.89 Å². The lowest BCUT2D eigenvalue weighted by molar-refractivity contribution is 0.617. The maximum absolute atomic E-state index is 6.03. The van der Waals surface area contributed by atoms with Gasteiger partial charge in [-0.1, -0.05) is 29.7 Å². The molecule has 0 atom stereocenters. The van der Waals surface area contributed by atoms with E-state index in [1.54, 1.807) is 0 Å². The van der Waals surface area contributed by atoms with Crippen LogP contribution in [0.25, 0.3) is 22.6 Å². The van der Waals surface area contributed by atoms with E-state index in [1.807, 2.05) is 0 Å². The number of nitrogens with zero attached hydrogens (tertiary/aromatic N) is 1. The van der Waals surface area contributed by atoms with Crippen molar-refractivity contribution in [1.29, 1.82) is 0 Å². The molecule has 2 nitrogen and oxygen atoms in total. The summed E-state index contributed by atoms with van der Waals surface area (Å²) in [6, 6.07) is 8.29. The minimum absolute atomic E-state index is 0.705. The van der Waals surface area contributed by atoms with Gasteiger partial charge in [-0.25, -0.2) is 4.98 Å². The van der Waals surface area contributed by atoms with Crippen LogP contribution in [-0.2, 0) is 0 Å². The SMILES string of the molecule is Bc1ccc(-c2nc3c(C)c(C)c(C)c(C)c3o2)cc1. The van der Waals surface area contributed by atoms with E-state index in [0.717, 1.165) is 16.7 Å². The second-order valence-electron chi connectivity index (χ2n) is 5.56. The average Bonchev–Trinajstić information content (AvgIpc) is 2.89. The van der Waals surface area contributed by atoms with Crippen molar-refractivity contribution in [1.82, 2.24) is 4.98 Å². The van der Waals surface area contributed by atoms with Crippen molar-refractivity contribution < 1.29 is 4.42 Å². The monoisotopic (exact) mass is 263 g/mol. The fraction of sp³-hybridized carbons (Fsp3) is 0.235. The largest absolute Gasteiger partial charge is 0.436 e. The molecule has 0 aliphatic rings. The van der Waals surface area contributed by atoms with Crippen molar-refractivity contribution in [2.24, 2.45) is 0 Å². The summed E-state index contributed by atoms with van der Waals surface area (Å²) in [4.78, 5) is 4.71. The molecule has 0 amide bonds. The topological polar surface area (TPSA) is 26.0 Å². The maximum atomic E-state index is 6.03. The summed E-state index contributed by atoms with van der Waals surface area (Å²) in [5, 5.41) is 0. The zero-order valence-corrected chi connectivity index (χ0v) is 12.7. The predicted octanol–water partition coefficient (Wildman–Crippen LogP) is 2.99. The van der Waals surface area contributed by atoms with Gasteiger partial charge >= 0.3 is 0 Å². The molecule has 3 rings (SSSR count). The molecule has 0 unspecified atom stereocenters. The Morgan fingerprint density at radius 1 is 0.850 bits per heavy atom. The molecule has 0 aliphatic heterocycles. The first kappa shape index (κ1) is 13.0. The number of oxazole rings is 1. The van der Waals surface area contributed by atoms with Gasteiger partial charge in [0, 0.05) is 5.56 Å². The Bertz CT molecular complexity index is 755. The number of benzene rings is 2. The second kappa shape index (κ2) is 4.52. The molecule has 0 saturated heterocycles. The van der Waals surface area contributed by atoms with Gasteiger partial charge in [0.15, 0.2) is 5.58 Å². The van der Waals surface area contributed by atoms with Crippen LogP contribution in [0.4, 0.5) is 0 Å². The van der Waals surface area contributed by atoms with Crippen LogP contribution < -0.4 is 5.46 Å². The molecule has 0 aliphatic carbocycles. The Labute approximate surface area is 120 Å². The van der Waals surface area contributed by atoms with Gasteiger partial charge in [-0.05, 0) is 49.9 Å². The molecule has 3 heteroatoms. The maximum Gasteiger partial charge on any atom is 0.227 e. The van der Waals surface area contributed by atoms with Crippen molar-refractivity contribution in [3.63, 3.8) is 0 Å². The van der Waals surface area contributed by atoms with E-state index in [9.17, 15) is 0 Å². The lowest BCUT2D eigenvalue weighted by Gasteiger charge is -2.07. The first-order chi connectivity index (χ1) is 9.49. The van der Waals surface area contributed by atoms with Gasteiger partial charge < -0.3 is 4.42 Å². The number of aryl methyl sites for hydroxylation is 2. The van der Waals surface area contributed by atoms with E-state index in [4.69, 9.17) is 9.40 Å². The van der Waals surface area contributed by atoms with Crippen LogP contribution in [0.1, 0.15) is 22.3 Å². The van der Waals surface area contributed by atoms with E-state index >= 15 is 0 Å². The van der Waals surface area contributed by atoms with Crippen LogP contribution in [0.3, 0.4) is 0 Å². The number of hydrogen-bond donors (Lipinski definition) is 0. The highest BCUT2D eigenvalue weighted by atomic mass is 16.3. The Hall–Kier alpha value is -2.03. The van der Waals surface area contributed by atoms with Crippen molar-refractivity contribution >= 4 is 24.4 Å².